The van der Waals surface area contributed by atoms with Gasteiger partial charge in [0.2, 0.25) is 0 Å². The summed E-state index contributed by atoms with van der Waals surface area (Å²) in [6, 6.07) is 3.59. The summed E-state index contributed by atoms with van der Waals surface area (Å²) in [5, 5.41) is -1.19. The number of carbonyl (C=O) groups excluding carboxylic acids is 1. The Hall–Kier alpha value is 1.27. The third kappa shape index (κ3) is 5.48. The van der Waals surface area contributed by atoms with Crippen LogP contribution in [0.5, 0.6) is 0 Å². The molecule has 0 aliphatic rings. The topological polar surface area (TPSA) is 80.7 Å². The standard InChI is InChI=1S/C10H8BrI3O5S/c11-3-6(20(16,17)18)4-19-10(15)7-1-5(12)2-8(13)9(7)14/h1-2,6H,3-4H2,(H,16,17,18). The highest BCUT2D eigenvalue weighted by Crippen LogP contribution is 2.23. The Bertz CT molecular complexity index is 620. The summed E-state index contributed by atoms with van der Waals surface area (Å²) < 4.78 is 38.5. The lowest BCUT2D eigenvalue weighted by molar-refractivity contribution is 0.0506. The Morgan fingerprint density at radius 3 is 2.45 bits per heavy atom. The van der Waals surface area contributed by atoms with Gasteiger partial charge in [0.15, 0.2) is 0 Å². The van der Waals surface area contributed by atoms with Crippen LogP contribution in [0.15, 0.2) is 12.1 Å². The summed E-state index contributed by atoms with van der Waals surface area (Å²) in [7, 11) is -4.25. The van der Waals surface area contributed by atoms with E-state index in [1.165, 1.54) is 0 Å². The minimum Gasteiger partial charge on any atom is -0.461 e. The van der Waals surface area contributed by atoms with E-state index in [1.54, 1.807) is 6.07 Å². The molecule has 5 nitrogen and oxygen atoms in total. The van der Waals surface area contributed by atoms with Crippen LogP contribution in [0.2, 0.25) is 0 Å². The molecule has 0 bridgehead atoms. The number of benzene rings is 1. The van der Waals surface area contributed by atoms with Gasteiger partial charge in [0.25, 0.3) is 10.1 Å². The Labute approximate surface area is 165 Å². The van der Waals surface area contributed by atoms with Gasteiger partial charge in [-0.2, -0.15) is 8.42 Å². The molecule has 0 radical (unpaired) electrons. The van der Waals surface area contributed by atoms with E-state index in [-0.39, 0.29) is 5.33 Å². The molecule has 0 aromatic heterocycles. The van der Waals surface area contributed by atoms with Crippen LogP contribution in [0.4, 0.5) is 0 Å². The van der Waals surface area contributed by atoms with Gasteiger partial charge in [0.1, 0.15) is 11.9 Å². The van der Waals surface area contributed by atoms with Crippen LogP contribution < -0.4 is 0 Å². The molecule has 0 spiro atoms. The zero-order valence-electron chi connectivity index (χ0n) is 9.65. The molecule has 112 valence electrons. The van der Waals surface area contributed by atoms with Crippen molar-refractivity contribution in [3.8, 4) is 0 Å². The molecule has 20 heavy (non-hydrogen) atoms. The van der Waals surface area contributed by atoms with Gasteiger partial charge < -0.3 is 4.74 Å². The lowest BCUT2D eigenvalue weighted by Gasteiger charge is -2.12. The third-order valence-electron chi connectivity index (χ3n) is 2.21. The van der Waals surface area contributed by atoms with E-state index in [4.69, 9.17) is 9.29 Å². The smallest absolute Gasteiger partial charge is 0.339 e. The maximum atomic E-state index is 12.0. The number of alkyl halides is 1. The van der Waals surface area contributed by atoms with Gasteiger partial charge in [-0.1, -0.05) is 15.9 Å². The molecule has 0 amide bonds. The second-order valence-corrected chi connectivity index (χ2v) is 9.47. The molecule has 1 N–H and O–H groups in total. The summed E-state index contributed by atoms with van der Waals surface area (Å²) in [5.74, 6) is -0.611. The Morgan fingerprint density at radius 1 is 1.35 bits per heavy atom. The average Bonchev–Trinajstić information content (AvgIpc) is 2.32. The molecular formula is C10H8BrI3O5S. The summed E-state index contributed by atoms with van der Waals surface area (Å²) in [6.45, 7) is -0.402. The van der Waals surface area contributed by atoms with Gasteiger partial charge >= 0.3 is 5.97 Å². The van der Waals surface area contributed by atoms with Crippen LogP contribution in [0.1, 0.15) is 10.4 Å². The van der Waals surface area contributed by atoms with Gasteiger partial charge in [0, 0.05) is 16.0 Å². The molecule has 0 saturated carbocycles. The Morgan fingerprint density at radius 2 is 1.95 bits per heavy atom. The first kappa shape index (κ1) is 19.3. The summed E-state index contributed by atoms with van der Waals surface area (Å²) in [6.07, 6.45) is 0. The van der Waals surface area contributed by atoms with Crippen molar-refractivity contribution in [2.24, 2.45) is 0 Å². The molecule has 0 saturated heterocycles. The van der Waals surface area contributed by atoms with Gasteiger partial charge in [-0.15, -0.1) is 0 Å². The fourth-order valence-electron chi connectivity index (χ4n) is 1.16. The summed E-state index contributed by atoms with van der Waals surface area (Å²) in [5.41, 5.74) is 0.380. The van der Waals surface area contributed by atoms with Crippen molar-refractivity contribution in [3.05, 3.63) is 28.4 Å². The van der Waals surface area contributed by atoms with Crippen molar-refractivity contribution in [2.45, 2.75) is 5.25 Å². The maximum absolute atomic E-state index is 12.0. The minimum atomic E-state index is -4.25. The molecule has 0 fully saturated rings. The zero-order valence-corrected chi connectivity index (χ0v) is 18.5. The first-order valence-electron chi connectivity index (χ1n) is 5.00. The molecule has 1 aromatic rings. The summed E-state index contributed by atoms with van der Waals surface area (Å²) >= 11 is 9.18. The molecule has 10 heteroatoms. The van der Waals surface area contributed by atoms with Crippen molar-refractivity contribution in [1.82, 2.24) is 0 Å². The summed E-state index contributed by atoms with van der Waals surface area (Å²) in [4.78, 5) is 12.0. The number of hydrogen-bond donors (Lipinski definition) is 1. The number of ether oxygens (including phenoxy) is 1. The fourth-order valence-corrected chi connectivity index (χ4v) is 5.13. The van der Waals surface area contributed by atoms with E-state index in [9.17, 15) is 13.2 Å². The van der Waals surface area contributed by atoms with Crippen molar-refractivity contribution in [3.63, 3.8) is 0 Å². The van der Waals surface area contributed by atoms with E-state index in [2.05, 4.69) is 61.1 Å². The van der Waals surface area contributed by atoms with Crippen LogP contribution >= 0.6 is 83.7 Å². The molecule has 0 aliphatic heterocycles. The van der Waals surface area contributed by atoms with Crippen LogP contribution in [-0.4, -0.2) is 36.1 Å². The van der Waals surface area contributed by atoms with E-state index in [1.807, 2.05) is 28.7 Å². The van der Waals surface area contributed by atoms with Crippen LogP contribution in [0.25, 0.3) is 0 Å². The first-order valence-corrected chi connectivity index (χ1v) is 10.9. The van der Waals surface area contributed by atoms with Crippen molar-refractivity contribution >= 4 is 99.8 Å². The monoisotopic (exact) mass is 700 g/mol. The van der Waals surface area contributed by atoms with E-state index in [0.717, 1.165) is 10.7 Å². The largest absolute Gasteiger partial charge is 0.461 e. The fraction of sp³-hybridized carbons (Fsp3) is 0.300. The number of halogens is 4. The molecular weight excluding hydrogens is 693 g/mol. The predicted molar refractivity (Wildman–Crippen MR) is 104 cm³/mol. The number of esters is 1. The zero-order chi connectivity index (χ0) is 15.5. The quantitative estimate of drug-likeness (QED) is 0.168. The minimum absolute atomic E-state index is 0.0138. The van der Waals surface area contributed by atoms with Crippen LogP contribution in [0.3, 0.4) is 0 Å². The molecule has 1 atom stereocenters. The lowest BCUT2D eigenvalue weighted by Crippen LogP contribution is -2.29. The number of hydrogen-bond acceptors (Lipinski definition) is 4. The van der Waals surface area contributed by atoms with Crippen LogP contribution in [0, 0.1) is 10.7 Å². The average molecular weight is 701 g/mol. The lowest BCUT2D eigenvalue weighted by atomic mass is 10.2. The second-order valence-electron chi connectivity index (χ2n) is 3.64. The van der Waals surface area contributed by atoms with Crippen molar-refractivity contribution in [1.29, 1.82) is 0 Å². The second kappa shape index (κ2) is 8.21. The van der Waals surface area contributed by atoms with Gasteiger partial charge in [-0.05, 0) is 79.9 Å². The molecule has 1 unspecified atom stereocenters. The highest BCUT2D eigenvalue weighted by molar-refractivity contribution is 14.1. The maximum Gasteiger partial charge on any atom is 0.339 e. The SMILES string of the molecule is O=C(OCC(CBr)S(=O)(=O)O)c1cc(I)cc(I)c1I. The van der Waals surface area contributed by atoms with Gasteiger partial charge in [-0.3, -0.25) is 4.55 Å². The first-order chi connectivity index (χ1) is 9.16. The highest BCUT2D eigenvalue weighted by Gasteiger charge is 2.24. The predicted octanol–water partition coefficient (Wildman–Crippen LogP) is 3.31. The Kier molecular flexibility index (Phi) is 7.93. The van der Waals surface area contributed by atoms with Crippen molar-refractivity contribution < 1.29 is 22.5 Å². The van der Waals surface area contributed by atoms with E-state index in [0.29, 0.717) is 5.56 Å². The Balaban J connectivity index is 2.88. The van der Waals surface area contributed by atoms with E-state index >= 15 is 0 Å². The molecule has 0 aliphatic carbocycles. The third-order valence-corrected chi connectivity index (χ3v) is 8.23. The van der Waals surface area contributed by atoms with Crippen LogP contribution in [-0.2, 0) is 14.9 Å². The highest BCUT2D eigenvalue weighted by atomic mass is 127. The normalized spacial score (nSPS) is 13.1. The number of carbonyl (C=O) groups is 1. The molecule has 1 rings (SSSR count). The molecule has 0 heterocycles. The molecule has 1 aromatic carbocycles. The van der Waals surface area contributed by atoms with E-state index < -0.39 is 27.9 Å². The number of rotatable bonds is 5. The van der Waals surface area contributed by atoms with Crippen molar-refractivity contribution in [2.75, 3.05) is 11.9 Å². The van der Waals surface area contributed by atoms with Gasteiger partial charge in [0.05, 0.1) is 5.56 Å². The van der Waals surface area contributed by atoms with Gasteiger partial charge in [-0.25, -0.2) is 4.79 Å².